The molecule has 0 spiro atoms. The summed E-state index contributed by atoms with van der Waals surface area (Å²) in [4.78, 5) is 28.2. The van der Waals surface area contributed by atoms with Crippen LogP contribution in [0, 0.1) is 5.82 Å². The monoisotopic (exact) mass is 385 g/mol. The average Bonchev–Trinajstić information content (AvgIpc) is 3.25. The minimum atomic E-state index is -0.272. The Hall–Kier alpha value is -2.67. The second kappa shape index (κ2) is 7.15. The fourth-order valence-electron chi connectivity index (χ4n) is 3.48. The molecule has 3 aromatic rings. The van der Waals surface area contributed by atoms with Gasteiger partial charge in [-0.15, -0.1) is 11.3 Å². The zero-order valence-electron chi connectivity index (χ0n) is 15.0. The summed E-state index contributed by atoms with van der Waals surface area (Å²) in [5, 5.41) is 2.01. The fourth-order valence-corrected chi connectivity index (χ4v) is 4.31. The molecule has 140 valence electrons. The number of aromatic nitrogens is 1. The highest BCUT2D eigenvalue weighted by Crippen LogP contribution is 2.27. The largest absolute Gasteiger partial charge is 0.339 e. The minimum Gasteiger partial charge on any atom is -0.339 e. The zero-order chi connectivity index (χ0) is 19.0. The van der Waals surface area contributed by atoms with E-state index in [4.69, 9.17) is 0 Å². The van der Waals surface area contributed by atoms with Gasteiger partial charge >= 0.3 is 0 Å². The molecule has 1 aliphatic rings. The topological polar surface area (TPSA) is 45.6 Å². The Balaban J connectivity index is 1.61. The molecular weight excluding hydrogens is 365 g/mol. The molecule has 0 N–H and O–H groups in total. The van der Waals surface area contributed by atoms with E-state index in [1.807, 2.05) is 22.1 Å². The zero-order valence-corrected chi connectivity index (χ0v) is 15.8. The van der Waals surface area contributed by atoms with Gasteiger partial charge in [-0.1, -0.05) is 12.1 Å². The van der Waals surface area contributed by atoms with Gasteiger partial charge in [-0.2, -0.15) is 0 Å². The molecule has 0 aliphatic carbocycles. The van der Waals surface area contributed by atoms with Crippen LogP contribution >= 0.6 is 11.3 Å². The van der Waals surface area contributed by atoms with Gasteiger partial charge in [0, 0.05) is 39.6 Å². The predicted octanol–water partition coefficient (Wildman–Crippen LogP) is 3.19. The number of rotatable bonds is 3. The molecule has 0 radical (unpaired) electrons. The second-order valence-corrected chi connectivity index (χ2v) is 7.66. The summed E-state index contributed by atoms with van der Waals surface area (Å²) in [5.41, 5.74) is 2.59. The van der Waals surface area contributed by atoms with Crippen molar-refractivity contribution in [3.05, 3.63) is 58.9 Å². The Morgan fingerprint density at radius 2 is 1.70 bits per heavy atom. The first-order valence-electron chi connectivity index (χ1n) is 8.89. The van der Waals surface area contributed by atoms with E-state index in [1.165, 1.54) is 12.1 Å². The van der Waals surface area contributed by atoms with Crippen LogP contribution in [0.2, 0.25) is 0 Å². The third-order valence-corrected chi connectivity index (χ3v) is 5.86. The quantitative estimate of drug-likeness (QED) is 0.695. The molecule has 7 heteroatoms. The fraction of sp³-hybridized carbons (Fsp3) is 0.300. The molecule has 0 atom stereocenters. The number of carbonyl (C=O) groups excluding carboxylic acids is 2. The van der Waals surface area contributed by atoms with Gasteiger partial charge in [0.2, 0.25) is 5.91 Å². The molecule has 5 nitrogen and oxygen atoms in total. The number of nitrogens with zero attached hydrogens (tertiary/aromatic N) is 3. The van der Waals surface area contributed by atoms with Gasteiger partial charge in [-0.3, -0.25) is 9.59 Å². The highest BCUT2D eigenvalue weighted by Gasteiger charge is 2.26. The van der Waals surface area contributed by atoms with Crippen molar-refractivity contribution in [3.63, 3.8) is 0 Å². The maximum atomic E-state index is 13.2. The van der Waals surface area contributed by atoms with Crippen LogP contribution in [-0.2, 0) is 11.3 Å². The van der Waals surface area contributed by atoms with Gasteiger partial charge in [0.15, 0.2) is 0 Å². The molecule has 0 saturated carbocycles. The Labute approximate surface area is 160 Å². The highest BCUT2D eigenvalue weighted by atomic mass is 32.1. The van der Waals surface area contributed by atoms with Crippen molar-refractivity contribution in [2.75, 3.05) is 26.2 Å². The lowest BCUT2D eigenvalue weighted by Gasteiger charge is -2.34. The van der Waals surface area contributed by atoms with E-state index in [2.05, 4.69) is 0 Å². The summed E-state index contributed by atoms with van der Waals surface area (Å²) >= 11 is 1.60. The number of piperazine rings is 1. The average molecular weight is 385 g/mol. The molecule has 1 aliphatic heterocycles. The van der Waals surface area contributed by atoms with E-state index in [9.17, 15) is 14.0 Å². The lowest BCUT2D eigenvalue weighted by molar-refractivity contribution is -0.130. The number of halogens is 1. The van der Waals surface area contributed by atoms with Crippen LogP contribution in [0.25, 0.3) is 10.2 Å². The molecule has 4 rings (SSSR count). The van der Waals surface area contributed by atoms with Crippen LogP contribution in [-0.4, -0.2) is 52.4 Å². The molecule has 1 fully saturated rings. The molecular formula is C20H20FN3O2S. The third kappa shape index (κ3) is 3.47. The van der Waals surface area contributed by atoms with E-state index in [1.54, 1.807) is 40.2 Å². The smallest absolute Gasteiger partial charge is 0.270 e. The molecule has 0 bridgehead atoms. The number of benzene rings is 1. The first kappa shape index (κ1) is 17.7. The van der Waals surface area contributed by atoms with Crippen molar-refractivity contribution in [2.24, 2.45) is 0 Å². The van der Waals surface area contributed by atoms with Crippen molar-refractivity contribution in [2.45, 2.75) is 13.5 Å². The maximum Gasteiger partial charge on any atom is 0.270 e. The molecule has 27 heavy (non-hydrogen) atoms. The minimum absolute atomic E-state index is 0.0243. The van der Waals surface area contributed by atoms with E-state index < -0.39 is 0 Å². The second-order valence-electron chi connectivity index (χ2n) is 6.71. The highest BCUT2D eigenvalue weighted by molar-refractivity contribution is 7.17. The predicted molar refractivity (Wildman–Crippen MR) is 103 cm³/mol. The van der Waals surface area contributed by atoms with Gasteiger partial charge in [0.1, 0.15) is 11.5 Å². The Morgan fingerprint density at radius 3 is 2.37 bits per heavy atom. The molecule has 2 amide bonds. The standard InChI is InChI=1S/C20H20FN3O2S/c1-14(25)22-7-9-23(10-8-22)20(26)18-12-19-17(6-11-27-19)24(18)13-15-2-4-16(21)5-3-15/h2-6,11-12H,7-10,13H2,1H3. The summed E-state index contributed by atoms with van der Waals surface area (Å²) in [6.45, 7) is 4.26. The Bertz CT molecular complexity index is 984. The van der Waals surface area contributed by atoms with Crippen LogP contribution in [0.4, 0.5) is 4.39 Å². The van der Waals surface area contributed by atoms with Crippen molar-refractivity contribution in [3.8, 4) is 0 Å². The summed E-state index contributed by atoms with van der Waals surface area (Å²) < 4.78 is 16.3. The molecule has 3 heterocycles. The maximum absolute atomic E-state index is 13.2. The molecule has 0 unspecified atom stereocenters. The summed E-state index contributed by atoms with van der Waals surface area (Å²) in [6, 6.07) is 10.3. The van der Waals surface area contributed by atoms with E-state index in [-0.39, 0.29) is 17.6 Å². The normalized spacial score (nSPS) is 14.7. The van der Waals surface area contributed by atoms with Crippen LogP contribution in [0.3, 0.4) is 0 Å². The first-order valence-corrected chi connectivity index (χ1v) is 9.77. The van der Waals surface area contributed by atoms with Gasteiger partial charge < -0.3 is 14.4 Å². The lowest BCUT2D eigenvalue weighted by atomic mass is 10.2. The van der Waals surface area contributed by atoms with Crippen LogP contribution in [0.15, 0.2) is 41.8 Å². The van der Waals surface area contributed by atoms with Gasteiger partial charge in [0.25, 0.3) is 5.91 Å². The van der Waals surface area contributed by atoms with Crippen molar-refractivity contribution in [1.82, 2.24) is 14.4 Å². The van der Waals surface area contributed by atoms with Crippen molar-refractivity contribution in [1.29, 1.82) is 0 Å². The summed E-state index contributed by atoms with van der Waals surface area (Å²) in [7, 11) is 0. The first-order chi connectivity index (χ1) is 13.0. The number of carbonyl (C=O) groups is 2. The Kier molecular flexibility index (Phi) is 4.70. The van der Waals surface area contributed by atoms with Gasteiger partial charge in [-0.25, -0.2) is 4.39 Å². The van der Waals surface area contributed by atoms with Crippen LogP contribution < -0.4 is 0 Å². The number of fused-ring (bicyclic) bond motifs is 1. The van der Waals surface area contributed by atoms with Gasteiger partial charge in [0.05, 0.1) is 10.2 Å². The van der Waals surface area contributed by atoms with Crippen LogP contribution in [0.1, 0.15) is 23.0 Å². The van der Waals surface area contributed by atoms with Crippen LogP contribution in [0.5, 0.6) is 0 Å². The number of thiophene rings is 1. The number of hydrogen-bond donors (Lipinski definition) is 0. The lowest BCUT2D eigenvalue weighted by Crippen LogP contribution is -2.50. The van der Waals surface area contributed by atoms with Gasteiger partial charge in [-0.05, 0) is 35.2 Å². The molecule has 1 aromatic carbocycles. The SMILES string of the molecule is CC(=O)N1CCN(C(=O)c2cc3sccc3n2Cc2ccc(F)cc2)CC1. The summed E-state index contributed by atoms with van der Waals surface area (Å²) in [6.07, 6.45) is 0. The Morgan fingerprint density at radius 1 is 1.04 bits per heavy atom. The number of amides is 2. The van der Waals surface area contributed by atoms with Crippen molar-refractivity contribution >= 4 is 33.4 Å². The van der Waals surface area contributed by atoms with E-state index in [0.29, 0.717) is 38.4 Å². The van der Waals surface area contributed by atoms with Crippen molar-refractivity contribution < 1.29 is 14.0 Å². The van der Waals surface area contributed by atoms with E-state index in [0.717, 1.165) is 15.8 Å². The number of hydrogen-bond acceptors (Lipinski definition) is 3. The molecule has 1 saturated heterocycles. The third-order valence-electron chi connectivity index (χ3n) is 5.01. The molecule has 2 aromatic heterocycles. The summed E-state index contributed by atoms with van der Waals surface area (Å²) in [5.74, 6) is -0.252. The van der Waals surface area contributed by atoms with E-state index >= 15 is 0 Å².